The number of fused-ring (bicyclic) bond motifs is 2. The lowest BCUT2D eigenvalue weighted by Crippen LogP contribution is -2.35. The number of rotatable bonds is 4. The Morgan fingerprint density at radius 1 is 0.974 bits per heavy atom. The van der Waals surface area contributed by atoms with Crippen LogP contribution in [0.3, 0.4) is 0 Å². The van der Waals surface area contributed by atoms with Gasteiger partial charge < -0.3 is 19.3 Å². The van der Waals surface area contributed by atoms with Gasteiger partial charge in [-0.25, -0.2) is 0 Å². The maximum atomic E-state index is 13.7. The highest BCUT2D eigenvalue weighted by atomic mass is 35.5. The van der Waals surface area contributed by atoms with E-state index >= 15 is 0 Å². The lowest BCUT2D eigenvalue weighted by molar-refractivity contribution is -0.131. The van der Waals surface area contributed by atoms with E-state index < -0.39 is 0 Å². The number of benzene rings is 2. The predicted molar refractivity (Wildman–Crippen MR) is 150 cm³/mol. The Bertz CT molecular complexity index is 1310. The fourth-order valence-electron chi connectivity index (χ4n) is 5.27. The number of carbonyl (C=O) groups is 2. The first kappa shape index (κ1) is 27.1. The Labute approximate surface area is 234 Å². The minimum Gasteiger partial charge on any atom is -0.486 e. The molecule has 0 bridgehead atoms. The molecule has 0 fully saturated rings. The molecule has 0 radical (unpaired) electrons. The molecule has 0 spiro atoms. The molecule has 0 unspecified atom stereocenters. The van der Waals surface area contributed by atoms with E-state index in [-0.39, 0.29) is 18.2 Å². The normalized spacial score (nSPS) is 16.2. The van der Waals surface area contributed by atoms with Crippen molar-refractivity contribution < 1.29 is 19.1 Å². The zero-order valence-electron chi connectivity index (χ0n) is 22.4. The molecule has 39 heavy (non-hydrogen) atoms. The molecule has 0 N–H and O–H groups in total. The fourth-order valence-corrected chi connectivity index (χ4v) is 5.56. The molecule has 2 aliphatic heterocycles. The molecule has 9 heteroatoms. The van der Waals surface area contributed by atoms with Gasteiger partial charge in [-0.1, -0.05) is 43.0 Å². The van der Waals surface area contributed by atoms with Gasteiger partial charge in [-0.15, -0.1) is 0 Å². The molecule has 0 saturated heterocycles. The van der Waals surface area contributed by atoms with Crippen LogP contribution in [-0.4, -0.2) is 52.8 Å². The lowest BCUT2D eigenvalue weighted by Gasteiger charge is -2.29. The molecule has 1 aromatic heterocycles. The van der Waals surface area contributed by atoms with Crippen molar-refractivity contribution in [2.24, 2.45) is 0 Å². The standard InChI is InChI=1S/C30H35ClN4O4/c1-22(36)35-13-6-4-2-3-5-11-33(21-25-9-8-23(17-27(25)35)20-34-12-7-10-32-34)29(37)19-24-16-26(31)30-28(18-24)38-14-15-39-30/h7-10,12,16-18H,2-6,11,13-15,19-21H2,1H3. The van der Waals surface area contributed by atoms with Crippen LogP contribution in [0, 0.1) is 0 Å². The van der Waals surface area contributed by atoms with Gasteiger partial charge in [0.05, 0.1) is 18.0 Å². The van der Waals surface area contributed by atoms with Gasteiger partial charge in [0, 0.05) is 44.6 Å². The second-order valence-electron chi connectivity index (χ2n) is 10.2. The molecule has 3 heterocycles. The summed E-state index contributed by atoms with van der Waals surface area (Å²) in [6, 6.07) is 11.7. The molecule has 8 nitrogen and oxygen atoms in total. The molecule has 0 aliphatic carbocycles. The summed E-state index contributed by atoms with van der Waals surface area (Å²) >= 11 is 6.44. The van der Waals surface area contributed by atoms with Crippen molar-refractivity contribution in [2.45, 2.75) is 58.5 Å². The third-order valence-electron chi connectivity index (χ3n) is 7.26. The molecule has 2 amide bonds. The van der Waals surface area contributed by atoms with Crippen LogP contribution >= 0.6 is 11.6 Å². The average molecular weight is 551 g/mol. The van der Waals surface area contributed by atoms with Crippen LogP contribution < -0.4 is 14.4 Å². The van der Waals surface area contributed by atoms with Crippen molar-refractivity contribution in [3.8, 4) is 11.5 Å². The zero-order chi connectivity index (χ0) is 27.2. The maximum Gasteiger partial charge on any atom is 0.227 e. The molecular weight excluding hydrogens is 516 g/mol. The van der Waals surface area contributed by atoms with Gasteiger partial charge >= 0.3 is 0 Å². The Morgan fingerprint density at radius 2 is 1.77 bits per heavy atom. The van der Waals surface area contributed by atoms with Crippen LogP contribution in [0.5, 0.6) is 11.5 Å². The average Bonchev–Trinajstić information content (AvgIpc) is 3.42. The van der Waals surface area contributed by atoms with E-state index in [0.717, 1.165) is 54.5 Å². The van der Waals surface area contributed by atoms with E-state index in [4.69, 9.17) is 21.1 Å². The topological polar surface area (TPSA) is 76.9 Å². The summed E-state index contributed by atoms with van der Waals surface area (Å²) in [7, 11) is 0. The van der Waals surface area contributed by atoms with Crippen molar-refractivity contribution in [1.82, 2.24) is 14.7 Å². The van der Waals surface area contributed by atoms with E-state index in [0.29, 0.717) is 55.9 Å². The number of hydrogen-bond acceptors (Lipinski definition) is 5. The number of anilines is 1. The molecule has 2 aromatic carbocycles. The minimum atomic E-state index is 0.00773. The van der Waals surface area contributed by atoms with Crippen LogP contribution in [-0.2, 0) is 29.1 Å². The summed E-state index contributed by atoms with van der Waals surface area (Å²) < 4.78 is 13.2. The highest BCUT2D eigenvalue weighted by Gasteiger charge is 2.23. The Hall–Kier alpha value is -3.52. The first-order valence-corrected chi connectivity index (χ1v) is 14.1. The summed E-state index contributed by atoms with van der Waals surface area (Å²) in [5.41, 5.74) is 3.68. The second kappa shape index (κ2) is 12.6. The monoisotopic (exact) mass is 550 g/mol. The van der Waals surface area contributed by atoms with Crippen LogP contribution in [0.15, 0.2) is 48.8 Å². The maximum absolute atomic E-state index is 13.7. The molecule has 206 valence electrons. The van der Waals surface area contributed by atoms with Crippen molar-refractivity contribution in [3.05, 3.63) is 70.5 Å². The minimum absolute atomic E-state index is 0.00773. The largest absolute Gasteiger partial charge is 0.486 e. The summed E-state index contributed by atoms with van der Waals surface area (Å²) in [5.74, 6) is 1.14. The number of halogens is 1. The molecular formula is C30H35ClN4O4. The van der Waals surface area contributed by atoms with Crippen molar-refractivity contribution in [2.75, 3.05) is 31.2 Å². The summed E-state index contributed by atoms with van der Waals surface area (Å²) in [4.78, 5) is 30.3. The van der Waals surface area contributed by atoms with Crippen molar-refractivity contribution in [1.29, 1.82) is 0 Å². The van der Waals surface area contributed by atoms with E-state index in [9.17, 15) is 9.59 Å². The Morgan fingerprint density at radius 3 is 2.56 bits per heavy atom. The van der Waals surface area contributed by atoms with E-state index in [2.05, 4.69) is 23.3 Å². The number of amides is 2. The van der Waals surface area contributed by atoms with Gasteiger partial charge in [0.25, 0.3) is 0 Å². The third-order valence-corrected chi connectivity index (χ3v) is 7.54. The smallest absolute Gasteiger partial charge is 0.227 e. The van der Waals surface area contributed by atoms with Crippen LogP contribution in [0.2, 0.25) is 5.02 Å². The number of nitrogens with zero attached hydrogens (tertiary/aromatic N) is 4. The quantitative estimate of drug-likeness (QED) is 0.444. The highest BCUT2D eigenvalue weighted by molar-refractivity contribution is 6.32. The predicted octanol–water partition coefficient (Wildman–Crippen LogP) is 5.24. The summed E-state index contributed by atoms with van der Waals surface area (Å²) in [6.45, 7) is 4.89. The molecule has 5 rings (SSSR count). The van der Waals surface area contributed by atoms with Crippen molar-refractivity contribution >= 4 is 29.1 Å². The molecule has 2 aliphatic rings. The fraction of sp³-hybridized carbons (Fsp3) is 0.433. The van der Waals surface area contributed by atoms with Crippen molar-refractivity contribution in [3.63, 3.8) is 0 Å². The zero-order valence-corrected chi connectivity index (χ0v) is 23.2. The molecule has 3 aromatic rings. The summed E-state index contributed by atoms with van der Waals surface area (Å²) in [5, 5.41) is 4.78. The van der Waals surface area contributed by atoms with E-state index in [1.165, 1.54) is 0 Å². The number of ether oxygens (including phenoxy) is 2. The SMILES string of the molecule is CC(=O)N1CCCCCCCN(C(=O)Cc2cc(Cl)c3c(c2)OCCO3)Cc2ccc(Cn3cccn3)cc21. The number of carbonyl (C=O) groups excluding carboxylic acids is 2. The van der Waals surface area contributed by atoms with Gasteiger partial charge in [-0.05, 0) is 53.8 Å². The van der Waals surface area contributed by atoms with Crippen LogP contribution in [0.1, 0.15) is 55.7 Å². The molecule has 0 saturated carbocycles. The van der Waals surface area contributed by atoms with Gasteiger partial charge in [0.1, 0.15) is 13.2 Å². The van der Waals surface area contributed by atoms with Crippen LogP contribution in [0.25, 0.3) is 0 Å². The first-order chi connectivity index (χ1) is 19.0. The number of hydrogen-bond donors (Lipinski definition) is 0. The van der Waals surface area contributed by atoms with Gasteiger partial charge in [-0.3, -0.25) is 14.3 Å². The summed E-state index contributed by atoms with van der Waals surface area (Å²) in [6.07, 6.45) is 8.97. The third kappa shape index (κ3) is 6.74. The van der Waals surface area contributed by atoms with Crippen LogP contribution in [0.4, 0.5) is 5.69 Å². The Kier molecular flexibility index (Phi) is 8.71. The van der Waals surface area contributed by atoms with Gasteiger partial charge in [-0.2, -0.15) is 5.10 Å². The van der Waals surface area contributed by atoms with Gasteiger partial charge in [0.2, 0.25) is 11.8 Å². The Balaban J connectivity index is 1.43. The molecule has 0 atom stereocenters. The van der Waals surface area contributed by atoms with E-state index in [1.54, 1.807) is 19.2 Å². The lowest BCUT2D eigenvalue weighted by atomic mass is 10.0. The highest BCUT2D eigenvalue weighted by Crippen LogP contribution is 2.38. The second-order valence-corrected chi connectivity index (χ2v) is 10.6. The first-order valence-electron chi connectivity index (χ1n) is 13.7. The van der Waals surface area contributed by atoms with E-state index in [1.807, 2.05) is 32.8 Å². The van der Waals surface area contributed by atoms with Gasteiger partial charge in [0.15, 0.2) is 11.5 Å². The number of aromatic nitrogens is 2.